The standard InChI is InChI=1S/3C4H8O.2C3H6O2.C3H6O.C2H5Br.C2H3N.CH3Br/c3*1-3-4(2)5;1-3(4)5-2;1-2-3(4)5;1-3(2)4;2*1-2-3;1-2/h3*3H2,1-2H3;1-2H3;2H2,1H3,(H,4,5);1-2H3;2H2,1H3;1H3;1H3. The number of esters is 1. The molecule has 0 unspecified atom stereocenters. The van der Waals surface area contributed by atoms with Crippen LogP contribution in [0.2, 0.25) is 0 Å². The molecule has 0 radical (unpaired) electrons. The predicted molar refractivity (Wildman–Crippen MR) is 160 cm³/mol. The van der Waals surface area contributed by atoms with E-state index in [9.17, 15) is 28.8 Å². The van der Waals surface area contributed by atoms with Crippen molar-refractivity contribution in [2.45, 2.75) is 109 Å². The lowest BCUT2D eigenvalue weighted by molar-refractivity contribution is -0.138. The number of ketones is 4. The van der Waals surface area contributed by atoms with Crippen molar-refractivity contribution in [3.63, 3.8) is 0 Å². The molecule has 0 bridgehead atoms. The summed E-state index contributed by atoms with van der Waals surface area (Å²) in [6, 6.07) is 1.75. The maximum atomic E-state index is 9.81. The number of aliphatic carboxylic acids is 1. The first-order chi connectivity index (χ1) is 16.9. The van der Waals surface area contributed by atoms with E-state index >= 15 is 0 Å². The predicted octanol–water partition coefficient (Wildman–Crippen LogP) is 7.15. The van der Waals surface area contributed by atoms with Gasteiger partial charge in [-0.2, -0.15) is 5.26 Å². The lowest BCUT2D eigenvalue weighted by Crippen LogP contribution is -1.88. The van der Waals surface area contributed by atoms with Crippen LogP contribution < -0.4 is 0 Å². The number of carbonyl (C=O) groups is 6. The topological polar surface area (TPSA) is 156 Å². The number of carboxylic acids is 1. The first-order valence-electron chi connectivity index (χ1n) is 11.4. The molecule has 0 atom stereocenters. The second kappa shape index (κ2) is 70.0. The summed E-state index contributed by atoms with van der Waals surface area (Å²) in [5, 5.41) is 16.1. The smallest absolute Gasteiger partial charge is 0.303 e. The minimum absolute atomic E-state index is 0.167. The molecule has 0 spiro atoms. The van der Waals surface area contributed by atoms with Crippen LogP contribution in [0, 0.1) is 11.3 Å². The molecule has 9 nitrogen and oxygen atoms in total. The molecule has 0 aliphatic rings. The van der Waals surface area contributed by atoms with Crippen molar-refractivity contribution in [3.8, 4) is 6.07 Å². The summed E-state index contributed by atoms with van der Waals surface area (Å²) in [5.41, 5.74) is 0. The Morgan fingerprint density at radius 1 is 0.703 bits per heavy atom. The molecule has 0 saturated heterocycles. The Morgan fingerprint density at radius 3 is 0.784 bits per heavy atom. The van der Waals surface area contributed by atoms with Gasteiger partial charge in [-0.3, -0.25) is 9.59 Å². The van der Waals surface area contributed by atoms with Crippen molar-refractivity contribution >= 4 is 66.9 Å². The van der Waals surface area contributed by atoms with Gasteiger partial charge in [-0.15, -0.1) is 0 Å². The van der Waals surface area contributed by atoms with Crippen molar-refractivity contribution in [1.29, 1.82) is 5.26 Å². The number of nitrogens with zero attached hydrogens (tertiary/aromatic N) is 1. The van der Waals surface area contributed by atoms with Crippen LogP contribution >= 0.6 is 31.9 Å². The highest BCUT2D eigenvalue weighted by molar-refractivity contribution is 9.09. The van der Waals surface area contributed by atoms with Gasteiger partial charge in [0.05, 0.1) is 13.2 Å². The molecule has 0 aromatic carbocycles. The fraction of sp³-hybridized carbons (Fsp3) is 0.731. The van der Waals surface area contributed by atoms with Gasteiger partial charge in [0.25, 0.3) is 0 Å². The van der Waals surface area contributed by atoms with Crippen molar-refractivity contribution in [3.05, 3.63) is 0 Å². The lowest BCUT2D eigenvalue weighted by Gasteiger charge is -1.80. The van der Waals surface area contributed by atoms with Gasteiger partial charge in [-0.05, 0) is 40.5 Å². The Kier molecular flexibility index (Phi) is 113. The van der Waals surface area contributed by atoms with Crippen LogP contribution in [0.4, 0.5) is 0 Å². The fourth-order valence-electron chi connectivity index (χ4n) is 0. The number of carbonyl (C=O) groups excluding carboxylic acids is 5. The van der Waals surface area contributed by atoms with Gasteiger partial charge in [0.15, 0.2) is 0 Å². The van der Waals surface area contributed by atoms with Gasteiger partial charge in [-0.25, -0.2) is 0 Å². The molecule has 0 rings (SSSR count). The highest BCUT2D eigenvalue weighted by atomic mass is 79.9. The van der Waals surface area contributed by atoms with Crippen molar-refractivity contribution in [2.24, 2.45) is 0 Å². The number of halogens is 2. The van der Waals surface area contributed by atoms with Crippen molar-refractivity contribution in [2.75, 3.05) is 18.3 Å². The third-order valence-corrected chi connectivity index (χ3v) is 2.08. The van der Waals surface area contributed by atoms with E-state index in [0.717, 1.165) is 5.33 Å². The van der Waals surface area contributed by atoms with Gasteiger partial charge in [-0.1, -0.05) is 66.5 Å². The van der Waals surface area contributed by atoms with E-state index in [1.54, 1.807) is 33.8 Å². The summed E-state index contributed by atoms with van der Waals surface area (Å²) >= 11 is 6.08. The number of rotatable bonds is 4. The van der Waals surface area contributed by atoms with Gasteiger partial charge in [0, 0.05) is 44.9 Å². The van der Waals surface area contributed by atoms with Crippen LogP contribution in [-0.2, 0) is 33.5 Å². The van der Waals surface area contributed by atoms with Crippen LogP contribution in [0.15, 0.2) is 0 Å². The highest BCUT2D eigenvalue weighted by Crippen LogP contribution is 1.72. The number of hydrogen-bond donors (Lipinski definition) is 1. The molecule has 0 fully saturated rings. The highest BCUT2D eigenvalue weighted by Gasteiger charge is 1.81. The maximum Gasteiger partial charge on any atom is 0.303 e. The zero-order chi connectivity index (χ0) is 32.4. The first-order valence-corrected chi connectivity index (χ1v) is 14.1. The molecule has 37 heavy (non-hydrogen) atoms. The van der Waals surface area contributed by atoms with E-state index in [-0.39, 0.29) is 35.5 Å². The maximum absolute atomic E-state index is 9.81. The Hall–Kier alpha value is -1.93. The normalized spacial score (nSPS) is 6.57. The number of Topliss-reactive ketones (excluding diaryl/α,β-unsaturated/α-hetero) is 4. The molecule has 0 aliphatic carbocycles. The third kappa shape index (κ3) is 538. The van der Waals surface area contributed by atoms with Gasteiger partial charge in [0.1, 0.15) is 23.1 Å². The molecule has 0 heterocycles. The van der Waals surface area contributed by atoms with E-state index in [2.05, 4.69) is 36.6 Å². The summed E-state index contributed by atoms with van der Waals surface area (Å²) in [6.07, 6.45) is 2.22. The summed E-state index contributed by atoms with van der Waals surface area (Å²) < 4.78 is 4.11. The zero-order valence-electron chi connectivity index (χ0n) is 25.5. The Labute approximate surface area is 243 Å². The lowest BCUT2D eigenvalue weighted by atomic mass is 10.4. The average molecular weight is 668 g/mol. The molecule has 224 valence electrons. The van der Waals surface area contributed by atoms with E-state index in [4.69, 9.17) is 10.4 Å². The average Bonchev–Trinajstić information content (AvgIpc) is 2.82. The summed E-state index contributed by atoms with van der Waals surface area (Å²) in [6.45, 7) is 19.8. The number of methoxy groups -OCH3 is 1. The molecule has 0 saturated carbocycles. The largest absolute Gasteiger partial charge is 0.481 e. The molecule has 11 heteroatoms. The van der Waals surface area contributed by atoms with Crippen LogP contribution in [-0.4, -0.2) is 58.5 Å². The van der Waals surface area contributed by atoms with Crippen LogP contribution in [0.5, 0.6) is 0 Å². The molecule has 0 amide bonds. The van der Waals surface area contributed by atoms with E-state index in [1.165, 1.54) is 34.8 Å². The molecular formula is C26H53Br2NO8. The van der Waals surface area contributed by atoms with Crippen LogP contribution in [0.1, 0.15) is 109 Å². The molecule has 0 aliphatic heterocycles. The second-order valence-corrected chi connectivity index (χ2v) is 7.13. The fourth-order valence-corrected chi connectivity index (χ4v) is 0. The number of nitriles is 1. The third-order valence-electron chi connectivity index (χ3n) is 2.08. The van der Waals surface area contributed by atoms with Crippen LogP contribution in [0.25, 0.3) is 0 Å². The zero-order valence-corrected chi connectivity index (χ0v) is 28.7. The van der Waals surface area contributed by atoms with E-state index < -0.39 is 5.97 Å². The van der Waals surface area contributed by atoms with E-state index in [0.29, 0.717) is 19.3 Å². The summed E-state index contributed by atoms with van der Waals surface area (Å²) in [5.74, 6) is 1.75. The number of carboxylic acid groups (broad SMARTS) is 1. The molecule has 1 N–H and O–H groups in total. The Morgan fingerprint density at radius 2 is 0.784 bits per heavy atom. The minimum Gasteiger partial charge on any atom is -0.481 e. The number of ether oxygens (including phenoxy) is 1. The quantitative estimate of drug-likeness (QED) is 0.243. The number of alkyl halides is 2. The second-order valence-electron chi connectivity index (χ2n) is 6.01. The van der Waals surface area contributed by atoms with E-state index in [1.807, 2.05) is 33.5 Å². The molecule has 0 aromatic rings. The summed E-state index contributed by atoms with van der Waals surface area (Å²) in [4.78, 5) is 57.8. The molecular weight excluding hydrogens is 614 g/mol. The van der Waals surface area contributed by atoms with Crippen molar-refractivity contribution in [1.82, 2.24) is 0 Å². The Balaban J connectivity index is -0.0000000345. The van der Waals surface area contributed by atoms with Crippen molar-refractivity contribution < 1.29 is 38.6 Å². The van der Waals surface area contributed by atoms with Gasteiger partial charge in [0.2, 0.25) is 0 Å². The van der Waals surface area contributed by atoms with Gasteiger partial charge >= 0.3 is 11.9 Å². The van der Waals surface area contributed by atoms with Crippen LogP contribution in [0.3, 0.4) is 0 Å². The first kappa shape index (κ1) is 59.9. The van der Waals surface area contributed by atoms with Gasteiger partial charge < -0.3 is 29.0 Å². The SMILES string of the molecule is CBr.CC#N.CC(C)=O.CCBr.CCC(=O)O.CCC(C)=O.CCC(C)=O.CCC(C)=O.COC(C)=O. The number of hydrogen-bond acceptors (Lipinski definition) is 8. The Bertz CT molecular complexity index is 462. The minimum atomic E-state index is -0.745. The monoisotopic (exact) mass is 665 g/mol. The summed E-state index contributed by atoms with van der Waals surface area (Å²) in [7, 11) is 1.35. The molecule has 0 aromatic heterocycles.